The highest BCUT2D eigenvalue weighted by Crippen LogP contribution is 2.23. The fourth-order valence-electron chi connectivity index (χ4n) is 1.31. The van der Waals surface area contributed by atoms with Gasteiger partial charge in [-0.05, 0) is 11.6 Å². The van der Waals surface area contributed by atoms with Crippen molar-refractivity contribution in [3.8, 4) is 17.9 Å². The summed E-state index contributed by atoms with van der Waals surface area (Å²) in [6, 6.07) is 7.05. The molecule has 0 aromatic heterocycles. The van der Waals surface area contributed by atoms with Crippen molar-refractivity contribution in [2.24, 2.45) is 0 Å². The van der Waals surface area contributed by atoms with Crippen LogP contribution in [-0.2, 0) is 6.42 Å². The molecule has 4 heteroatoms. The molecular weight excluding hydrogens is 192 g/mol. The predicted molar refractivity (Wildman–Crippen MR) is 52.4 cm³/mol. The van der Waals surface area contributed by atoms with Gasteiger partial charge in [-0.3, -0.25) is 4.79 Å². The average molecular weight is 200 g/mol. The summed E-state index contributed by atoms with van der Waals surface area (Å²) in [5, 5.41) is 17.5. The highest BCUT2D eigenvalue weighted by Gasteiger charge is 2.12. The standard InChI is InChI=1S/C11H8N2O2/c1-15-11-3-2-8(4-5-12)9(6-13)10(11)7-14/h2-3,7H,4H2,1H3. The lowest BCUT2D eigenvalue weighted by molar-refractivity contribution is 0.112. The molecule has 4 nitrogen and oxygen atoms in total. The first kappa shape index (κ1) is 10.7. The minimum Gasteiger partial charge on any atom is -0.496 e. The van der Waals surface area contributed by atoms with Crippen LogP contribution in [0.5, 0.6) is 5.75 Å². The Morgan fingerprint density at radius 1 is 1.47 bits per heavy atom. The summed E-state index contributed by atoms with van der Waals surface area (Å²) in [7, 11) is 1.42. The number of hydrogen-bond donors (Lipinski definition) is 0. The van der Waals surface area contributed by atoms with Crippen LogP contribution in [0.4, 0.5) is 0 Å². The van der Waals surface area contributed by atoms with Gasteiger partial charge in [-0.15, -0.1) is 0 Å². The number of carbonyl (C=O) groups is 1. The number of hydrogen-bond acceptors (Lipinski definition) is 4. The Morgan fingerprint density at radius 2 is 2.20 bits per heavy atom. The van der Waals surface area contributed by atoms with Crippen molar-refractivity contribution in [1.29, 1.82) is 10.5 Å². The van der Waals surface area contributed by atoms with E-state index in [1.807, 2.05) is 12.1 Å². The molecule has 0 N–H and O–H groups in total. The van der Waals surface area contributed by atoms with Gasteiger partial charge in [0.2, 0.25) is 0 Å². The number of nitriles is 2. The summed E-state index contributed by atoms with van der Waals surface area (Å²) in [6.45, 7) is 0. The van der Waals surface area contributed by atoms with Crippen LogP contribution in [0.25, 0.3) is 0 Å². The van der Waals surface area contributed by atoms with Gasteiger partial charge < -0.3 is 4.74 Å². The van der Waals surface area contributed by atoms with Gasteiger partial charge in [0, 0.05) is 0 Å². The quantitative estimate of drug-likeness (QED) is 0.692. The molecular formula is C11H8N2O2. The predicted octanol–water partition coefficient (Wildman–Crippen LogP) is 1.45. The van der Waals surface area contributed by atoms with E-state index in [0.717, 1.165) is 0 Å². The number of rotatable bonds is 3. The monoisotopic (exact) mass is 200 g/mol. The number of nitrogens with zero attached hydrogens (tertiary/aromatic N) is 2. The minimum absolute atomic E-state index is 0.105. The molecule has 0 radical (unpaired) electrons. The lowest BCUT2D eigenvalue weighted by Crippen LogP contribution is -1.99. The fraction of sp³-hybridized carbons (Fsp3) is 0.182. The Bertz CT molecular complexity index is 467. The largest absolute Gasteiger partial charge is 0.496 e. The first-order valence-corrected chi connectivity index (χ1v) is 4.20. The highest BCUT2D eigenvalue weighted by atomic mass is 16.5. The molecule has 0 amide bonds. The third-order valence-corrected chi connectivity index (χ3v) is 2.01. The molecule has 0 aliphatic rings. The van der Waals surface area contributed by atoms with Gasteiger partial charge in [-0.2, -0.15) is 10.5 Å². The van der Waals surface area contributed by atoms with Gasteiger partial charge in [0.15, 0.2) is 6.29 Å². The summed E-state index contributed by atoms with van der Waals surface area (Å²) in [6.07, 6.45) is 0.673. The van der Waals surface area contributed by atoms with Crippen molar-refractivity contribution < 1.29 is 9.53 Å². The van der Waals surface area contributed by atoms with Crippen LogP contribution in [-0.4, -0.2) is 13.4 Å². The molecule has 0 atom stereocenters. The van der Waals surface area contributed by atoms with Crippen LogP contribution < -0.4 is 4.74 Å². The van der Waals surface area contributed by atoms with E-state index in [0.29, 0.717) is 17.6 Å². The third kappa shape index (κ3) is 1.95. The summed E-state index contributed by atoms with van der Waals surface area (Å²) >= 11 is 0. The Balaban J connectivity index is 3.44. The summed E-state index contributed by atoms with van der Waals surface area (Å²) in [5.41, 5.74) is 0.960. The van der Waals surface area contributed by atoms with Crippen LogP contribution in [0.15, 0.2) is 12.1 Å². The second-order valence-corrected chi connectivity index (χ2v) is 2.78. The van der Waals surface area contributed by atoms with E-state index in [-0.39, 0.29) is 17.5 Å². The highest BCUT2D eigenvalue weighted by molar-refractivity contribution is 5.84. The average Bonchev–Trinajstić information content (AvgIpc) is 2.28. The maximum Gasteiger partial charge on any atom is 0.155 e. The zero-order chi connectivity index (χ0) is 11.3. The van der Waals surface area contributed by atoms with Crippen molar-refractivity contribution in [2.75, 3.05) is 7.11 Å². The Kier molecular flexibility index (Phi) is 3.43. The molecule has 0 spiro atoms. The SMILES string of the molecule is COc1ccc(CC#N)c(C#N)c1C=O. The molecule has 74 valence electrons. The molecule has 0 heterocycles. The second-order valence-electron chi connectivity index (χ2n) is 2.78. The second kappa shape index (κ2) is 4.78. The van der Waals surface area contributed by atoms with Gasteiger partial charge in [0.05, 0.1) is 30.7 Å². The van der Waals surface area contributed by atoms with Crippen molar-refractivity contribution >= 4 is 6.29 Å². The van der Waals surface area contributed by atoms with E-state index < -0.39 is 0 Å². The van der Waals surface area contributed by atoms with Gasteiger partial charge >= 0.3 is 0 Å². The normalized spacial score (nSPS) is 8.73. The molecule has 15 heavy (non-hydrogen) atoms. The molecule has 1 aromatic rings. The van der Waals surface area contributed by atoms with E-state index >= 15 is 0 Å². The molecule has 1 aromatic carbocycles. The zero-order valence-electron chi connectivity index (χ0n) is 8.15. The Hall–Kier alpha value is -2.33. The molecule has 1 rings (SSSR count). The molecule has 0 aliphatic carbocycles. The zero-order valence-corrected chi connectivity index (χ0v) is 8.15. The topological polar surface area (TPSA) is 73.9 Å². The Morgan fingerprint density at radius 3 is 2.67 bits per heavy atom. The number of carbonyl (C=O) groups excluding carboxylic acids is 1. The first-order chi connectivity index (χ1) is 7.28. The molecule has 0 unspecified atom stereocenters. The number of benzene rings is 1. The summed E-state index contributed by atoms with van der Waals surface area (Å²) < 4.78 is 4.95. The molecule has 0 saturated carbocycles. The fourth-order valence-corrected chi connectivity index (χ4v) is 1.31. The third-order valence-electron chi connectivity index (χ3n) is 2.01. The Labute approximate surface area is 87.3 Å². The van der Waals surface area contributed by atoms with E-state index in [9.17, 15) is 4.79 Å². The van der Waals surface area contributed by atoms with Gasteiger partial charge in [-0.1, -0.05) is 6.07 Å². The van der Waals surface area contributed by atoms with E-state index in [4.69, 9.17) is 15.3 Å². The maximum atomic E-state index is 10.8. The lowest BCUT2D eigenvalue weighted by Gasteiger charge is -2.07. The van der Waals surface area contributed by atoms with Crippen LogP contribution in [0.2, 0.25) is 0 Å². The van der Waals surface area contributed by atoms with Gasteiger partial charge in [-0.25, -0.2) is 0 Å². The number of methoxy groups -OCH3 is 1. The first-order valence-electron chi connectivity index (χ1n) is 4.20. The summed E-state index contributed by atoms with van der Waals surface area (Å²) in [5.74, 6) is 0.350. The van der Waals surface area contributed by atoms with Crippen LogP contribution >= 0.6 is 0 Å². The van der Waals surface area contributed by atoms with Crippen molar-refractivity contribution in [1.82, 2.24) is 0 Å². The number of aldehydes is 1. The van der Waals surface area contributed by atoms with E-state index in [1.54, 1.807) is 12.1 Å². The van der Waals surface area contributed by atoms with Gasteiger partial charge in [0.1, 0.15) is 11.8 Å². The van der Waals surface area contributed by atoms with Crippen LogP contribution in [0.3, 0.4) is 0 Å². The lowest BCUT2D eigenvalue weighted by atomic mass is 10.00. The van der Waals surface area contributed by atoms with Crippen molar-refractivity contribution in [3.63, 3.8) is 0 Å². The molecule has 0 fully saturated rings. The van der Waals surface area contributed by atoms with Crippen molar-refractivity contribution in [3.05, 3.63) is 28.8 Å². The maximum absolute atomic E-state index is 10.8. The van der Waals surface area contributed by atoms with Crippen molar-refractivity contribution in [2.45, 2.75) is 6.42 Å². The van der Waals surface area contributed by atoms with E-state index in [2.05, 4.69) is 0 Å². The van der Waals surface area contributed by atoms with Gasteiger partial charge in [0.25, 0.3) is 0 Å². The molecule has 0 bridgehead atoms. The van der Waals surface area contributed by atoms with E-state index in [1.165, 1.54) is 7.11 Å². The molecule has 0 aliphatic heterocycles. The number of ether oxygens (including phenoxy) is 1. The van der Waals surface area contributed by atoms with Crippen LogP contribution in [0, 0.1) is 22.7 Å². The molecule has 0 saturated heterocycles. The summed E-state index contributed by atoms with van der Waals surface area (Å²) in [4.78, 5) is 10.8. The van der Waals surface area contributed by atoms with Crippen LogP contribution in [0.1, 0.15) is 21.5 Å². The smallest absolute Gasteiger partial charge is 0.155 e. The minimum atomic E-state index is 0.105.